The molecule has 0 aliphatic carbocycles. The third kappa shape index (κ3) is 1.92. The Morgan fingerprint density at radius 1 is 1.23 bits per heavy atom. The molecule has 1 aromatic carbocycles. The molecule has 1 aliphatic rings. The molecule has 1 aromatic rings. The van der Waals surface area contributed by atoms with Crippen LogP contribution in [0, 0.1) is 5.92 Å². The normalized spacial score (nSPS) is 28.7. The van der Waals surface area contributed by atoms with E-state index in [1.165, 1.54) is 18.5 Å². The van der Waals surface area contributed by atoms with Gasteiger partial charge in [-0.2, -0.15) is 0 Å². The van der Waals surface area contributed by atoms with Crippen LogP contribution in [0.5, 0.6) is 0 Å². The summed E-state index contributed by atoms with van der Waals surface area (Å²) in [6.07, 6.45) is 1.31. The quantitative estimate of drug-likeness (QED) is 0.691. The first-order valence-corrected chi connectivity index (χ1v) is 5.13. The van der Waals surface area contributed by atoms with Gasteiger partial charge >= 0.3 is 0 Å². The summed E-state index contributed by atoms with van der Waals surface area (Å²) in [4.78, 5) is 0. The van der Waals surface area contributed by atoms with E-state index in [-0.39, 0.29) is 0 Å². The van der Waals surface area contributed by atoms with Crippen molar-refractivity contribution in [2.45, 2.75) is 19.3 Å². The van der Waals surface area contributed by atoms with E-state index < -0.39 is 0 Å². The van der Waals surface area contributed by atoms with Crippen LogP contribution in [0.25, 0.3) is 0 Å². The van der Waals surface area contributed by atoms with E-state index in [9.17, 15) is 0 Å². The molecule has 1 saturated heterocycles. The molecule has 2 rings (SSSR count). The Balaban J connectivity index is 2.15. The van der Waals surface area contributed by atoms with Gasteiger partial charge in [0.25, 0.3) is 0 Å². The number of nitrogens with one attached hydrogen (secondary N) is 1. The van der Waals surface area contributed by atoms with Crippen molar-refractivity contribution >= 4 is 0 Å². The Morgan fingerprint density at radius 3 is 2.69 bits per heavy atom. The first-order valence-electron chi connectivity index (χ1n) is 5.13. The number of hydrogen-bond donors (Lipinski definition) is 1. The molecule has 0 unspecified atom stereocenters. The summed E-state index contributed by atoms with van der Waals surface area (Å²) in [5.41, 5.74) is 1.49. The van der Waals surface area contributed by atoms with Crippen molar-refractivity contribution in [2.24, 2.45) is 5.92 Å². The maximum Gasteiger partial charge on any atom is 0.00227 e. The average molecular weight is 175 g/mol. The van der Waals surface area contributed by atoms with E-state index in [1.54, 1.807) is 0 Å². The molecule has 70 valence electrons. The molecular formula is C12H17N. The van der Waals surface area contributed by atoms with Crippen LogP contribution >= 0.6 is 0 Å². The van der Waals surface area contributed by atoms with Crippen LogP contribution in [0.4, 0.5) is 0 Å². The van der Waals surface area contributed by atoms with E-state index in [1.807, 2.05) is 0 Å². The molecular weight excluding hydrogens is 158 g/mol. The highest BCUT2D eigenvalue weighted by Gasteiger charge is 2.21. The molecule has 1 heteroatoms. The fraction of sp³-hybridized carbons (Fsp3) is 0.500. The second-order valence-electron chi connectivity index (χ2n) is 3.99. The third-order valence-corrected chi connectivity index (χ3v) is 3.06. The van der Waals surface area contributed by atoms with Crippen molar-refractivity contribution in [1.82, 2.24) is 5.32 Å². The highest BCUT2D eigenvalue weighted by molar-refractivity contribution is 5.21. The summed E-state index contributed by atoms with van der Waals surface area (Å²) in [5.74, 6) is 1.54. The summed E-state index contributed by atoms with van der Waals surface area (Å²) in [6.45, 7) is 4.69. The average Bonchev–Trinajstić information content (AvgIpc) is 2.20. The molecule has 0 radical (unpaired) electrons. The monoisotopic (exact) mass is 175 g/mol. The van der Waals surface area contributed by atoms with E-state index >= 15 is 0 Å². The molecule has 0 spiro atoms. The predicted octanol–water partition coefficient (Wildman–Crippen LogP) is 2.40. The van der Waals surface area contributed by atoms with Crippen LogP contribution in [0.2, 0.25) is 0 Å². The summed E-state index contributed by atoms with van der Waals surface area (Å²) >= 11 is 0. The maximum atomic E-state index is 3.46. The first kappa shape index (κ1) is 8.76. The zero-order valence-electron chi connectivity index (χ0n) is 8.16. The van der Waals surface area contributed by atoms with E-state index in [0.717, 1.165) is 18.4 Å². The Kier molecular flexibility index (Phi) is 2.65. The van der Waals surface area contributed by atoms with Gasteiger partial charge in [-0.1, -0.05) is 37.3 Å². The van der Waals surface area contributed by atoms with Crippen molar-refractivity contribution in [3.63, 3.8) is 0 Å². The van der Waals surface area contributed by atoms with Gasteiger partial charge in [0.2, 0.25) is 0 Å². The van der Waals surface area contributed by atoms with Gasteiger partial charge in [-0.05, 0) is 30.4 Å². The lowest BCUT2D eigenvalue weighted by molar-refractivity contribution is 0.348. The van der Waals surface area contributed by atoms with Crippen LogP contribution in [0.15, 0.2) is 30.3 Å². The zero-order valence-corrected chi connectivity index (χ0v) is 8.16. The van der Waals surface area contributed by atoms with E-state index in [2.05, 4.69) is 42.6 Å². The van der Waals surface area contributed by atoms with Gasteiger partial charge in [0.05, 0.1) is 0 Å². The molecule has 1 nitrogen and oxygen atoms in total. The number of hydrogen-bond acceptors (Lipinski definition) is 1. The second-order valence-corrected chi connectivity index (χ2v) is 3.99. The molecule has 0 saturated carbocycles. The van der Waals surface area contributed by atoms with Gasteiger partial charge in [0, 0.05) is 6.54 Å². The Morgan fingerprint density at radius 2 is 2.00 bits per heavy atom. The van der Waals surface area contributed by atoms with Gasteiger partial charge in [-0.15, -0.1) is 0 Å². The largest absolute Gasteiger partial charge is 0.316 e. The first-order chi connectivity index (χ1) is 6.38. The van der Waals surface area contributed by atoms with Crippen LogP contribution in [0.3, 0.4) is 0 Å². The lowest BCUT2D eigenvalue weighted by atomic mass is 9.83. The highest BCUT2D eigenvalue weighted by atomic mass is 14.9. The van der Waals surface area contributed by atoms with Crippen molar-refractivity contribution in [3.05, 3.63) is 35.9 Å². The number of benzene rings is 1. The minimum absolute atomic E-state index is 0.718. The lowest BCUT2D eigenvalue weighted by Gasteiger charge is -2.29. The minimum atomic E-state index is 0.718. The molecule has 0 aromatic heterocycles. The number of piperidine rings is 1. The molecule has 2 atom stereocenters. The highest BCUT2D eigenvalue weighted by Crippen LogP contribution is 2.28. The smallest absolute Gasteiger partial charge is 0.00227 e. The predicted molar refractivity (Wildman–Crippen MR) is 55.8 cm³/mol. The van der Waals surface area contributed by atoms with Gasteiger partial charge in [-0.3, -0.25) is 0 Å². The van der Waals surface area contributed by atoms with Gasteiger partial charge in [0.15, 0.2) is 0 Å². The maximum absolute atomic E-state index is 3.46. The van der Waals surface area contributed by atoms with Crippen LogP contribution in [-0.4, -0.2) is 13.1 Å². The molecule has 1 heterocycles. The standard InChI is InChI=1S/C12H17N/c1-10-7-8-13-9-12(10)11-5-3-2-4-6-11/h2-6,10,12-13H,7-9H2,1H3/t10-,12-/m0/s1. The Hall–Kier alpha value is -0.820. The summed E-state index contributed by atoms with van der Waals surface area (Å²) in [6, 6.07) is 10.8. The lowest BCUT2D eigenvalue weighted by Crippen LogP contribution is -2.33. The minimum Gasteiger partial charge on any atom is -0.316 e. The fourth-order valence-corrected chi connectivity index (χ4v) is 2.14. The van der Waals surface area contributed by atoms with E-state index in [0.29, 0.717) is 0 Å². The molecule has 13 heavy (non-hydrogen) atoms. The molecule has 1 N–H and O–H groups in total. The third-order valence-electron chi connectivity index (χ3n) is 3.06. The number of rotatable bonds is 1. The van der Waals surface area contributed by atoms with Gasteiger partial charge < -0.3 is 5.32 Å². The summed E-state index contributed by atoms with van der Waals surface area (Å²) in [7, 11) is 0. The van der Waals surface area contributed by atoms with Crippen molar-refractivity contribution in [1.29, 1.82) is 0 Å². The topological polar surface area (TPSA) is 12.0 Å². The fourth-order valence-electron chi connectivity index (χ4n) is 2.14. The molecule has 1 aliphatic heterocycles. The summed E-state index contributed by atoms with van der Waals surface area (Å²) < 4.78 is 0. The SMILES string of the molecule is C[C@H]1CCNC[C@@H]1c1ccccc1. The second kappa shape index (κ2) is 3.93. The summed E-state index contributed by atoms with van der Waals surface area (Å²) in [5, 5.41) is 3.46. The molecule has 0 bridgehead atoms. The van der Waals surface area contributed by atoms with Crippen molar-refractivity contribution < 1.29 is 0 Å². The van der Waals surface area contributed by atoms with Crippen LogP contribution in [-0.2, 0) is 0 Å². The molecule has 1 fully saturated rings. The molecule has 0 amide bonds. The Labute approximate surface area is 80.2 Å². The van der Waals surface area contributed by atoms with Gasteiger partial charge in [0.1, 0.15) is 0 Å². The zero-order chi connectivity index (χ0) is 9.10. The van der Waals surface area contributed by atoms with Crippen molar-refractivity contribution in [2.75, 3.05) is 13.1 Å². The van der Waals surface area contributed by atoms with Crippen LogP contribution in [0.1, 0.15) is 24.8 Å². The Bertz CT molecular complexity index is 255. The van der Waals surface area contributed by atoms with Gasteiger partial charge in [-0.25, -0.2) is 0 Å². The van der Waals surface area contributed by atoms with Crippen LogP contribution < -0.4 is 5.32 Å². The van der Waals surface area contributed by atoms with Crippen molar-refractivity contribution in [3.8, 4) is 0 Å². The van der Waals surface area contributed by atoms with E-state index in [4.69, 9.17) is 0 Å².